The number of thiol groups is 1. The molecule has 0 aromatic heterocycles. The fourth-order valence-corrected chi connectivity index (χ4v) is 1.71. The number of carbonyl (C=O) groups excluding carboxylic acids is 1. The van der Waals surface area contributed by atoms with Gasteiger partial charge in [0.2, 0.25) is 0 Å². The molecule has 17 heavy (non-hydrogen) atoms. The average Bonchev–Trinajstić information content (AvgIpc) is 2.38. The Hall–Kier alpha value is -1.74. The molecule has 0 aliphatic heterocycles. The molecule has 0 fully saturated rings. The van der Waals surface area contributed by atoms with Crippen LogP contribution in [0.3, 0.4) is 0 Å². The standard InChI is InChI=1S/C14H12O2S/c15-9-12-8-13(17)6-7-14(12)16-10-11-4-2-1-3-5-11/h1-9,17H,10H2. The number of carbonyl (C=O) groups is 1. The first kappa shape index (κ1) is 11.7. The van der Waals surface area contributed by atoms with E-state index in [1.165, 1.54) is 0 Å². The van der Waals surface area contributed by atoms with E-state index in [0.29, 0.717) is 17.9 Å². The van der Waals surface area contributed by atoms with Gasteiger partial charge >= 0.3 is 0 Å². The second kappa shape index (κ2) is 5.55. The van der Waals surface area contributed by atoms with Crippen molar-refractivity contribution >= 4 is 18.9 Å². The highest BCUT2D eigenvalue weighted by molar-refractivity contribution is 7.80. The maximum absolute atomic E-state index is 10.9. The summed E-state index contributed by atoms with van der Waals surface area (Å²) in [6.45, 7) is 0.452. The molecule has 86 valence electrons. The van der Waals surface area contributed by atoms with Crippen molar-refractivity contribution in [2.45, 2.75) is 11.5 Å². The van der Waals surface area contributed by atoms with Gasteiger partial charge in [0.15, 0.2) is 6.29 Å². The van der Waals surface area contributed by atoms with E-state index in [1.54, 1.807) is 18.2 Å². The molecule has 0 aliphatic rings. The van der Waals surface area contributed by atoms with Crippen LogP contribution in [0.15, 0.2) is 53.4 Å². The Morgan fingerprint density at radius 3 is 2.59 bits per heavy atom. The van der Waals surface area contributed by atoms with Crippen LogP contribution in [0.2, 0.25) is 0 Å². The quantitative estimate of drug-likeness (QED) is 0.659. The van der Waals surface area contributed by atoms with E-state index in [1.807, 2.05) is 30.3 Å². The SMILES string of the molecule is O=Cc1cc(S)ccc1OCc1ccccc1. The molecule has 0 N–H and O–H groups in total. The highest BCUT2D eigenvalue weighted by Gasteiger charge is 2.03. The maximum Gasteiger partial charge on any atom is 0.153 e. The first-order chi connectivity index (χ1) is 8.29. The summed E-state index contributed by atoms with van der Waals surface area (Å²) in [5.41, 5.74) is 1.59. The normalized spacial score (nSPS) is 9.94. The van der Waals surface area contributed by atoms with Crippen molar-refractivity contribution in [2.24, 2.45) is 0 Å². The number of ether oxygens (including phenoxy) is 1. The number of benzene rings is 2. The third-order valence-corrected chi connectivity index (χ3v) is 2.64. The van der Waals surface area contributed by atoms with E-state index in [9.17, 15) is 4.79 Å². The van der Waals surface area contributed by atoms with Crippen LogP contribution < -0.4 is 4.74 Å². The lowest BCUT2D eigenvalue weighted by Crippen LogP contribution is -1.98. The third kappa shape index (κ3) is 3.11. The lowest BCUT2D eigenvalue weighted by Gasteiger charge is -2.08. The minimum Gasteiger partial charge on any atom is -0.488 e. The molecule has 3 heteroatoms. The van der Waals surface area contributed by atoms with Crippen molar-refractivity contribution in [3.05, 3.63) is 59.7 Å². The fraction of sp³-hybridized carbons (Fsp3) is 0.0714. The second-order valence-corrected chi connectivity index (χ2v) is 4.13. The summed E-state index contributed by atoms with van der Waals surface area (Å²) in [6.07, 6.45) is 0.778. The van der Waals surface area contributed by atoms with Gasteiger partial charge < -0.3 is 4.74 Å². The minimum absolute atomic E-state index is 0.452. The van der Waals surface area contributed by atoms with Crippen molar-refractivity contribution in [1.29, 1.82) is 0 Å². The molecule has 0 bridgehead atoms. The second-order valence-electron chi connectivity index (χ2n) is 3.61. The van der Waals surface area contributed by atoms with E-state index in [4.69, 9.17) is 4.74 Å². The van der Waals surface area contributed by atoms with Crippen LogP contribution in [-0.2, 0) is 6.61 Å². The molecular weight excluding hydrogens is 232 g/mol. The Balaban J connectivity index is 2.11. The largest absolute Gasteiger partial charge is 0.488 e. The van der Waals surface area contributed by atoms with Gasteiger partial charge in [0.05, 0.1) is 5.56 Å². The highest BCUT2D eigenvalue weighted by atomic mass is 32.1. The Morgan fingerprint density at radius 2 is 1.88 bits per heavy atom. The van der Waals surface area contributed by atoms with Crippen LogP contribution in [0.25, 0.3) is 0 Å². The zero-order chi connectivity index (χ0) is 12.1. The van der Waals surface area contributed by atoms with Gasteiger partial charge in [-0.05, 0) is 23.8 Å². The van der Waals surface area contributed by atoms with Crippen LogP contribution in [0, 0.1) is 0 Å². The Labute approximate surface area is 106 Å². The summed E-state index contributed by atoms with van der Waals surface area (Å²) in [6, 6.07) is 15.1. The molecule has 0 spiro atoms. The predicted octanol–water partition coefficient (Wildman–Crippen LogP) is 3.37. The van der Waals surface area contributed by atoms with E-state index >= 15 is 0 Å². The topological polar surface area (TPSA) is 26.3 Å². The van der Waals surface area contributed by atoms with Gasteiger partial charge in [-0.2, -0.15) is 0 Å². The van der Waals surface area contributed by atoms with Crippen LogP contribution >= 0.6 is 12.6 Å². The van der Waals surface area contributed by atoms with Gasteiger partial charge in [0, 0.05) is 4.90 Å². The average molecular weight is 244 g/mol. The first-order valence-electron chi connectivity index (χ1n) is 5.24. The molecule has 2 nitrogen and oxygen atoms in total. The smallest absolute Gasteiger partial charge is 0.153 e. The molecular formula is C14H12O2S. The molecule has 0 saturated carbocycles. The van der Waals surface area contributed by atoms with Gasteiger partial charge in [0.1, 0.15) is 12.4 Å². The molecule has 2 rings (SSSR count). The number of aldehydes is 1. The fourth-order valence-electron chi connectivity index (χ4n) is 1.49. The first-order valence-corrected chi connectivity index (χ1v) is 5.69. The predicted molar refractivity (Wildman–Crippen MR) is 69.9 cm³/mol. The van der Waals surface area contributed by atoms with Gasteiger partial charge in [-0.25, -0.2) is 0 Å². The zero-order valence-corrected chi connectivity index (χ0v) is 10.1. The van der Waals surface area contributed by atoms with Crippen molar-refractivity contribution in [2.75, 3.05) is 0 Å². The minimum atomic E-state index is 0.452. The lowest BCUT2D eigenvalue weighted by molar-refractivity contribution is 0.111. The molecule has 0 heterocycles. The third-order valence-electron chi connectivity index (χ3n) is 2.36. The lowest BCUT2D eigenvalue weighted by atomic mass is 10.2. The maximum atomic E-state index is 10.9. The molecule has 2 aromatic rings. The summed E-state index contributed by atoms with van der Waals surface area (Å²) in [4.78, 5) is 11.6. The van der Waals surface area contributed by atoms with Gasteiger partial charge in [-0.15, -0.1) is 12.6 Å². The van der Waals surface area contributed by atoms with Crippen LogP contribution in [-0.4, -0.2) is 6.29 Å². The Morgan fingerprint density at radius 1 is 1.12 bits per heavy atom. The zero-order valence-electron chi connectivity index (χ0n) is 9.17. The molecule has 0 amide bonds. The van der Waals surface area contributed by atoms with Gasteiger partial charge in [-0.1, -0.05) is 30.3 Å². The molecule has 0 radical (unpaired) electrons. The summed E-state index contributed by atoms with van der Waals surface area (Å²) in [5, 5.41) is 0. The van der Waals surface area contributed by atoms with Crippen LogP contribution in [0.1, 0.15) is 15.9 Å². The Bertz CT molecular complexity index is 509. The summed E-state index contributed by atoms with van der Waals surface area (Å²) in [5.74, 6) is 0.585. The van der Waals surface area contributed by atoms with E-state index in [-0.39, 0.29) is 0 Å². The highest BCUT2D eigenvalue weighted by Crippen LogP contribution is 2.21. The molecule has 2 aromatic carbocycles. The van der Waals surface area contributed by atoms with Gasteiger partial charge in [0.25, 0.3) is 0 Å². The molecule has 0 saturated heterocycles. The van der Waals surface area contributed by atoms with E-state index in [0.717, 1.165) is 16.7 Å². The molecule has 0 aliphatic carbocycles. The van der Waals surface area contributed by atoms with E-state index < -0.39 is 0 Å². The molecule has 0 unspecified atom stereocenters. The number of hydrogen-bond acceptors (Lipinski definition) is 3. The van der Waals surface area contributed by atoms with E-state index in [2.05, 4.69) is 12.6 Å². The van der Waals surface area contributed by atoms with Crippen LogP contribution in [0.5, 0.6) is 5.75 Å². The van der Waals surface area contributed by atoms with Crippen molar-refractivity contribution < 1.29 is 9.53 Å². The van der Waals surface area contributed by atoms with Crippen molar-refractivity contribution in [3.63, 3.8) is 0 Å². The molecule has 0 atom stereocenters. The summed E-state index contributed by atoms with van der Waals surface area (Å²) in [7, 11) is 0. The Kier molecular flexibility index (Phi) is 3.83. The monoisotopic (exact) mass is 244 g/mol. The van der Waals surface area contributed by atoms with Crippen LogP contribution in [0.4, 0.5) is 0 Å². The number of hydrogen-bond donors (Lipinski definition) is 1. The summed E-state index contributed by atoms with van der Waals surface area (Å²) >= 11 is 4.18. The summed E-state index contributed by atoms with van der Waals surface area (Å²) < 4.78 is 5.60. The van der Waals surface area contributed by atoms with Gasteiger partial charge in [-0.3, -0.25) is 4.79 Å². The number of rotatable bonds is 4. The van der Waals surface area contributed by atoms with Crippen molar-refractivity contribution in [3.8, 4) is 5.75 Å². The van der Waals surface area contributed by atoms with Crippen molar-refractivity contribution in [1.82, 2.24) is 0 Å².